The van der Waals surface area contributed by atoms with Crippen LogP contribution in [0, 0.1) is 0 Å². The molecule has 1 saturated heterocycles. The summed E-state index contributed by atoms with van der Waals surface area (Å²) in [5.74, 6) is 1.00. The number of piperazine rings is 1. The van der Waals surface area contributed by atoms with Crippen LogP contribution >= 0.6 is 0 Å². The molecule has 0 bridgehead atoms. The summed E-state index contributed by atoms with van der Waals surface area (Å²) in [6.45, 7) is 5.37. The fourth-order valence-corrected chi connectivity index (χ4v) is 4.86. The molecule has 34 heavy (non-hydrogen) atoms. The zero-order valence-corrected chi connectivity index (χ0v) is 19.7. The maximum Gasteiger partial charge on any atom is 0.253 e. The van der Waals surface area contributed by atoms with E-state index in [1.54, 1.807) is 14.0 Å². The first-order valence-corrected chi connectivity index (χ1v) is 11.7. The molecule has 0 N–H and O–H groups in total. The number of hydrogen-bond acceptors (Lipinski definition) is 4. The Bertz CT molecular complexity index is 1200. The molecule has 3 aromatic carbocycles. The minimum Gasteiger partial charge on any atom is -0.497 e. The highest BCUT2D eigenvalue weighted by atomic mass is 16.5. The normalized spacial score (nSPS) is 15.3. The zero-order chi connectivity index (χ0) is 23.7. The third kappa shape index (κ3) is 4.23. The lowest BCUT2D eigenvalue weighted by Crippen LogP contribution is -2.48. The third-order valence-corrected chi connectivity index (χ3v) is 6.82. The SMILES string of the molecule is COc1ccc(N2CCN(C(=O)c3ccc(-c4ccc5c(c4)CCN5C(C)=O)cc3)CC2)cc1. The molecule has 0 saturated carbocycles. The number of carbonyl (C=O) groups excluding carboxylic acids is 2. The van der Waals surface area contributed by atoms with Crippen LogP contribution in [0.5, 0.6) is 5.75 Å². The predicted molar refractivity (Wildman–Crippen MR) is 135 cm³/mol. The average Bonchev–Trinajstić information content (AvgIpc) is 3.32. The summed E-state index contributed by atoms with van der Waals surface area (Å²) >= 11 is 0. The molecule has 0 spiro atoms. The molecule has 3 aromatic rings. The fraction of sp³-hybridized carbons (Fsp3) is 0.286. The van der Waals surface area contributed by atoms with Gasteiger partial charge in [-0.25, -0.2) is 0 Å². The van der Waals surface area contributed by atoms with Crippen molar-refractivity contribution >= 4 is 23.2 Å². The van der Waals surface area contributed by atoms with Crippen molar-refractivity contribution < 1.29 is 14.3 Å². The molecule has 2 aliphatic rings. The Morgan fingerprint density at radius 2 is 1.47 bits per heavy atom. The van der Waals surface area contributed by atoms with Gasteiger partial charge in [0.25, 0.3) is 5.91 Å². The van der Waals surface area contributed by atoms with Gasteiger partial charge in [-0.2, -0.15) is 0 Å². The van der Waals surface area contributed by atoms with Crippen LogP contribution in [0.2, 0.25) is 0 Å². The molecule has 174 valence electrons. The molecular weight excluding hydrogens is 426 g/mol. The van der Waals surface area contributed by atoms with E-state index in [0.717, 1.165) is 54.3 Å². The first kappa shape index (κ1) is 22.0. The van der Waals surface area contributed by atoms with Gasteiger partial charge in [-0.05, 0) is 71.6 Å². The van der Waals surface area contributed by atoms with Gasteiger partial charge in [-0.3, -0.25) is 9.59 Å². The highest BCUT2D eigenvalue weighted by Gasteiger charge is 2.24. The van der Waals surface area contributed by atoms with E-state index in [2.05, 4.69) is 29.2 Å². The molecule has 2 amide bonds. The monoisotopic (exact) mass is 455 g/mol. The van der Waals surface area contributed by atoms with E-state index in [-0.39, 0.29) is 11.8 Å². The maximum atomic E-state index is 13.1. The van der Waals surface area contributed by atoms with E-state index in [1.165, 1.54) is 5.56 Å². The number of ether oxygens (including phenoxy) is 1. The van der Waals surface area contributed by atoms with Gasteiger partial charge >= 0.3 is 0 Å². The Kier molecular flexibility index (Phi) is 5.97. The highest BCUT2D eigenvalue weighted by molar-refractivity contribution is 5.95. The fourth-order valence-electron chi connectivity index (χ4n) is 4.86. The molecule has 6 nitrogen and oxygen atoms in total. The minimum atomic E-state index is 0.0759. The standard InChI is InChI=1S/C28H29N3O3/c1-20(32)31-14-13-24-19-23(7-12-27(24)31)21-3-5-22(6-4-21)28(33)30-17-15-29(16-18-30)25-8-10-26(34-2)11-9-25/h3-12,19H,13-18H2,1-2H3. The molecule has 1 fully saturated rings. The van der Waals surface area contributed by atoms with Crippen molar-refractivity contribution in [3.05, 3.63) is 77.9 Å². The quantitative estimate of drug-likeness (QED) is 0.591. The molecule has 0 atom stereocenters. The van der Waals surface area contributed by atoms with Crippen molar-refractivity contribution in [2.24, 2.45) is 0 Å². The first-order chi connectivity index (χ1) is 16.5. The van der Waals surface area contributed by atoms with E-state index in [4.69, 9.17) is 4.74 Å². The highest BCUT2D eigenvalue weighted by Crippen LogP contribution is 2.32. The second-order valence-electron chi connectivity index (χ2n) is 8.82. The zero-order valence-electron chi connectivity index (χ0n) is 19.7. The van der Waals surface area contributed by atoms with Crippen LogP contribution in [0.15, 0.2) is 66.7 Å². The minimum absolute atomic E-state index is 0.0759. The van der Waals surface area contributed by atoms with Crippen LogP contribution < -0.4 is 14.5 Å². The number of benzene rings is 3. The van der Waals surface area contributed by atoms with Crippen LogP contribution in [-0.4, -0.2) is 56.5 Å². The Morgan fingerprint density at radius 1 is 0.794 bits per heavy atom. The summed E-state index contributed by atoms with van der Waals surface area (Å²) < 4.78 is 5.24. The molecule has 0 radical (unpaired) electrons. The summed E-state index contributed by atoms with van der Waals surface area (Å²) in [4.78, 5) is 30.9. The molecule has 0 unspecified atom stereocenters. The van der Waals surface area contributed by atoms with Crippen molar-refractivity contribution in [1.82, 2.24) is 4.90 Å². The van der Waals surface area contributed by atoms with Gasteiger partial charge < -0.3 is 19.4 Å². The van der Waals surface area contributed by atoms with E-state index < -0.39 is 0 Å². The van der Waals surface area contributed by atoms with Crippen molar-refractivity contribution in [3.8, 4) is 16.9 Å². The van der Waals surface area contributed by atoms with Crippen molar-refractivity contribution in [2.45, 2.75) is 13.3 Å². The van der Waals surface area contributed by atoms with Crippen LogP contribution in [0.1, 0.15) is 22.8 Å². The smallest absolute Gasteiger partial charge is 0.253 e. The van der Waals surface area contributed by atoms with Crippen LogP contribution in [0.4, 0.5) is 11.4 Å². The largest absolute Gasteiger partial charge is 0.497 e. The predicted octanol–water partition coefficient (Wildman–Crippen LogP) is 4.23. The van der Waals surface area contributed by atoms with Gasteiger partial charge in [0.05, 0.1) is 7.11 Å². The second-order valence-corrected chi connectivity index (χ2v) is 8.82. The third-order valence-electron chi connectivity index (χ3n) is 6.82. The van der Waals surface area contributed by atoms with E-state index in [1.807, 2.05) is 52.3 Å². The first-order valence-electron chi connectivity index (χ1n) is 11.7. The number of rotatable bonds is 4. The summed E-state index contributed by atoms with van der Waals surface area (Å²) in [5, 5.41) is 0. The summed E-state index contributed by atoms with van der Waals surface area (Å²) in [6, 6.07) is 22.2. The summed E-state index contributed by atoms with van der Waals surface area (Å²) in [7, 11) is 1.67. The Morgan fingerprint density at radius 3 is 2.12 bits per heavy atom. The van der Waals surface area contributed by atoms with Crippen molar-refractivity contribution in [1.29, 1.82) is 0 Å². The summed E-state index contributed by atoms with van der Waals surface area (Å²) in [5.41, 5.74) is 6.25. The number of fused-ring (bicyclic) bond motifs is 1. The van der Waals surface area contributed by atoms with E-state index in [0.29, 0.717) is 18.7 Å². The second kappa shape index (κ2) is 9.21. The lowest BCUT2D eigenvalue weighted by Gasteiger charge is -2.36. The van der Waals surface area contributed by atoms with Gasteiger partial charge in [-0.1, -0.05) is 18.2 Å². The number of amides is 2. The lowest BCUT2D eigenvalue weighted by atomic mass is 10.00. The van der Waals surface area contributed by atoms with Crippen LogP contribution in [-0.2, 0) is 11.2 Å². The number of carbonyl (C=O) groups is 2. The molecule has 2 heterocycles. The maximum absolute atomic E-state index is 13.1. The van der Waals surface area contributed by atoms with E-state index in [9.17, 15) is 9.59 Å². The number of hydrogen-bond donors (Lipinski definition) is 0. The number of methoxy groups -OCH3 is 1. The Hall–Kier alpha value is -3.80. The van der Waals surface area contributed by atoms with Crippen molar-refractivity contribution in [2.75, 3.05) is 49.6 Å². The molecule has 5 rings (SSSR count). The van der Waals surface area contributed by atoms with Gasteiger partial charge in [-0.15, -0.1) is 0 Å². The van der Waals surface area contributed by atoms with Gasteiger partial charge in [0.2, 0.25) is 5.91 Å². The van der Waals surface area contributed by atoms with Gasteiger partial charge in [0.1, 0.15) is 5.75 Å². The topological polar surface area (TPSA) is 53.1 Å². The molecule has 0 aromatic heterocycles. The Labute approximate surface area is 200 Å². The van der Waals surface area contributed by atoms with Crippen molar-refractivity contribution in [3.63, 3.8) is 0 Å². The molecular formula is C28H29N3O3. The van der Waals surface area contributed by atoms with Crippen LogP contribution in [0.3, 0.4) is 0 Å². The number of nitrogens with zero attached hydrogens (tertiary/aromatic N) is 3. The lowest BCUT2D eigenvalue weighted by molar-refractivity contribution is -0.116. The summed E-state index contributed by atoms with van der Waals surface area (Å²) in [6.07, 6.45) is 0.877. The molecule has 2 aliphatic heterocycles. The van der Waals surface area contributed by atoms with Gasteiger partial charge in [0.15, 0.2) is 0 Å². The van der Waals surface area contributed by atoms with E-state index >= 15 is 0 Å². The molecule has 0 aliphatic carbocycles. The van der Waals surface area contributed by atoms with Gasteiger partial charge in [0, 0.05) is 56.6 Å². The van der Waals surface area contributed by atoms with Crippen LogP contribution in [0.25, 0.3) is 11.1 Å². The average molecular weight is 456 g/mol. The Balaban J connectivity index is 1.23. The molecule has 6 heteroatoms. The number of anilines is 2.